The first-order valence-corrected chi connectivity index (χ1v) is 12.6. The van der Waals surface area contributed by atoms with Crippen molar-refractivity contribution in [1.82, 2.24) is 4.98 Å². The number of rotatable bonds is 7. The molecule has 1 aliphatic carbocycles. The quantitative estimate of drug-likeness (QED) is 0.272. The van der Waals surface area contributed by atoms with Gasteiger partial charge in [0.05, 0.1) is 11.0 Å². The summed E-state index contributed by atoms with van der Waals surface area (Å²) in [5.74, 6) is 0.740. The van der Waals surface area contributed by atoms with E-state index in [1.54, 1.807) is 18.2 Å². The third-order valence-corrected chi connectivity index (χ3v) is 7.98. The van der Waals surface area contributed by atoms with Crippen molar-refractivity contribution in [2.24, 2.45) is 0 Å². The lowest BCUT2D eigenvalue weighted by atomic mass is 9.99. The van der Waals surface area contributed by atoms with E-state index in [-0.39, 0.29) is 11.0 Å². The summed E-state index contributed by atoms with van der Waals surface area (Å²) in [6.07, 6.45) is -1.94. The largest absolute Gasteiger partial charge is 0.490 e. The molecule has 5 nitrogen and oxygen atoms in total. The zero-order valence-electron chi connectivity index (χ0n) is 18.5. The van der Waals surface area contributed by atoms with Crippen LogP contribution in [0.3, 0.4) is 0 Å². The number of hydrogen-bond donors (Lipinski definition) is 1. The van der Waals surface area contributed by atoms with Gasteiger partial charge in [-0.25, -0.2) is 9.78 Å². The minimum Gasteiger partial charge on any atom is -0.490 e. The third-order valence-electron chi connectivity index (χ3n) is 5.77. The predicted octanol–water partition coefficient (Wildman–Crippen LogP) is 6.77. The van der Waals surface area contributed by atoms with Gasteiger partial charge in [-0.2, -0.15) is 13.2 Å². The average Bonchev–Trinajstić information content (AvgIpc) is 3.51. The highest BCUT2D eigenvalue weighted by Gasteiger charge is 2.54. The molecule has 0 aliphatic heterocycles. The zero-order chi connectivity index (χ0) is 24.8. The Balaban J connectivity index is 1.45. The Labute approximate surface area is 206 Å². The second-order valence-corrected chi connectivity index (χ2v) is 10.6. The molecule has 0 amide bonds. The summed E-state index contributed by atoms with van der Waals surface area (Å²) >= 11 is 1.91. The van der Waals surface area contributed by atoms with Crippen LogP contribution in [0.25, 0.3) is 22.1 Å². The summed E-state index contributed by atoms with van der Waals surface area (Å²) in [5.41, 5.74) is -1.59. The van der Waals surface area contributed by atoms with Crippen molar-refractivity contribution in [2.75, 3.05) is 0 Å². The van der Waals surface area contributed by atoms with Gasteiger partial charge >= 0.3 is 11.8 Å². The lowest BCUT2D eigenvalue weighted by Crippen LogP contribution is -2.40. The van der Waals surface area contributed by atoms with Gasteiger partial charge in [-0.3, -0.25) is 0 Å². The summed E-state index contributed by atoms with van der Waals surface area (Å²) in [6.45, 7) is 1.27. The normalized spacial score (nSPS) is 15.8. The number of benzene rings is 2. The Morgan fingerprint density at radius 1 is 1.20 bits per heavy atom. The van der Waals surface area contributed by atoms with Crippen molar-refractivity contribution in [2.45, 2.75) is 53.3 Å². The topological polar surface area (TPSA) is 72.6 Å². The number of alkyl halides is 3. The molecule has 5 rings (SSSR count). The molecule has 2 aromatic heterocycles. The van der Waals surface area contributed by atoms with E-state index < -0.39 is 23.8 Å². The SMILES string of the molecule is CCC(O)(c1cnc(Sc2ccc3c(-c4cccc(OC5CC5)c4)cc(=O)oc3c2)s1)C(F)(F)F. The van der Waals surface area contributed by atoms with Crippen LogP contribution in [-0.2, 0) is 5.60 Å². The Bertz CT molecular complexity index is 1440. The fourth-order valence-electron chi connectivity index (χ4n) is 3.67. The Morgan fingerprint density at radius 2 is 2.00 bits per heavy atom. The van der Waals surface area contributed by atoms with Gasteiger partial charge in [0, 0.05) is 22.5 Å². The van der Waals surface area contributed by atoms with Crippen LogP contribution in [-0.4, -0.2) is 22.4 Å². The number of fused-ring (bicyclic) bond motifs is 1. The van der Waals surface area contributed by atoms with Gasteiger partial charge in [-0.15, -0.1) is 11.3 Å². The van der Waals surface area contributed by atoms with Crippen LogP contribution in [0, 0.1) is 0 Å². The molecule has 182 valence electrons. The van der Waals surface area contributed by atoms with Crippen molar-refractivity contribution in [3.63, 3.8) is 0 Å². The number of nitrogens with zero attached hydrogens (tertiary/aromatic N) is 1. The van der Waals surface area contributed by atoms with E-state index in [1.165, 1.54) is 13.0 Å². The fourth-order valence-corrected chi connectivity index (χ4v) is 5.83. The Morgan fingerprint density at radius 3 is 2.71 bits per heavy atom. The first-order chi connectivity index (χ1) is 16.7. The van der Waals surface area contributed by atoms with Gasteiger partial charge in [-0.05, 0) is 60.7 Å². The minimum absolute atomic E-state index is 0.248. The molecule has 35 heavy (non-hydrogen) atoms. The zero-order valence-corrected chi connectivity index (χ0v) is 20.1. The van der Waals surface area contributed by atoms with Gasteiger partial charge in [0.1, 0.15) is 11.3 Å². The van der Waals surface area contributed by atoms with Crippen LogP contribution in [0.1, 0.15) is 31.1 Å². The van der Waals surface area contributed by atoms with Gasteiger partial charge < -0.3 is 14.3 Å². The van der Waals surface area contributed by atoms with Crippen LogP contribution in [0.5, 0.6) is 5.75 Å². The molecule has 4 aromatic rings. The van der Waals surface area contributed by atoms with E-state index in [0.29, 0.717) is 20.4 Å². The summed E-state index contributed by atoms with van der Waals surface area (Å²) in [5, 5.41) is 10.9. The third kappa shape index (κ3) is 4.82. The van der Waals surface area contributed by atoms with Crippen molar-refractivity contribution < 1.29 is 27.4 Å². The second-order valence-electron chi connectivity index (χ2n) is 8.29. The molecule has 1 N–H and O–H groups in total. The van der Waals surface area contributed by atoms with E-state index in [0.717, 1.165) is 58.8 Å². The molecule has 1 aliphatic rings. The van der Waals surface area contributed by atoms with Crippen LogP contribution in [0.15, 0.2) is 73.2 Å². The molecule has 0 radical (unpaired) electrons. The number of hydrogen-bond acceptors (Lipinski definition) is 7. The Kier molecular flexibility index (Phi) is 6.14. The van der Waals surface area contributed by atoms with Gasteiger partial charge in [0.25, 0.3) is 0 Å². The van der Waals surface area contributed by atoms with E-state index >= 15 is 0 Å². The number of aliphatic hydroxyl groups is 1. The van der Waals surface area contributed by atoms with Crippen LogP contribution in [0.2, 0.25) is 0 Å². The van der Waals surface area contributed by atoms with E-state index in [4.69, 9.17) is 9.15 Å². The van der Waals surface area contributed by atoms with Gasteiger partial charge in [0.15, 0.2) is 9.94 Å². The number of thiazole rings is 1. The standard InChI is InChI=1S/C25H20F3NO4S2/c1-2-24(31,25(26,27)28)21-13-29-23(35-21)34-17-8-9-18-19(12-22(30)33-20(18)11-17)14-4-3-5-16(10-14)32-15-6-7-15/h3-5,8-13,15,31H,2,6-7H2,1H3. The second kappa shape index (κ2) is 9.00. The number of aromatic nitrogens is 1. The van der Waals surface area contributed by atoms with Crippen LogP contribution < -0.4 is 10.4 Å². The number of halogens is 3. The lowest BCUT2D eigenvalue weighted by Gasteiger charge is -2.27. The van der Waals surface area contributed by atoms with Crippen molar-refractivity contribution in [3.05, 3.63) is 70.0 Å². The maximum absolute atomic E-state index is 13.4. The maximum Gasteiger partial charge on any atom is 0.422 e. The smallest absolute Gasteiger partial charge is 0.422 e. The summed E-state index contributed by atoms with van der Waals surface area (Å²) < 4.78 is 51.8. The molecule has 0 spiro atoms. The number of ether oxygens (including phenoxy) is 1. The first kappa shape index (κ1) is 23.9. The average molecular weight is 520 g/mol. The molecule has 1 unspecified atom stereocenters. The van der Waals surface area contributed by atoms with Crippen molar-refractivity contribution in [1.29, 1.82) is 0 Å². The van der Waals surface area contributed by atoms with Gasteiger partial charge in [0.2, 0.25) is 0 Å². The molecule has 1 fully saturated rings. The highest BCUT2D eigenvalue weighted by atomic mass is 32.2. The van der Waals surface area contributed by atoms with Crippen molar-refractivity contribution >= 4 is 34.1 Å². The maximum atomic E-state index is 13.4. The van der Waals surface area contributed by atoms with Crippen molar-refractivity contribution in [3.8, 4) is 16.9 Å². The van der Waals surface area contributed by atoms with Crippen LogP contribution >= 0.6 is 23.1 Å². The molecule has 10 heteroatoms. The molecule has 2 aromatic carbocycles. The fraction of sp³-hybridized carbons (Fsp3) is 0.280. The monoisotopic (exact) mass is 519 g/mol. The molecule has 0 saturated heterocycles. The molecule has 1 atom stereocenters. The summed E-state index contributed by atoms with van der Waals surface area (Å²) in [7, 11) is 0. The predicted molar refractivity (Wildman–Crippen MR) is 128 cm³/mol. The molecule has 1 saturated carbocycles. The molecule has 2 heterocycles. The lowest BCUT2D eigenvalue weighted by molar-refractivity contribution is -0.266. The highest BCUT2D eigenvalue weighted by molar-refractivity contribution is 8.01. The van der Waals surface area contributed by atoms with E-state index in [1.807, 2.05) is 24.3 Å². The van der Waals surface area contributed by atoms with E-state index in [2.05, 4.69) is 4.98 Å². The minimum atomic E-state index is -4.81. The summed E-state index contributed by atoms with van der Waals surface area (Å²) in [6, 6.07) is 14.2. The first-order valence-electron chi connectivity index (χ1n) is 10.9. The Hall–Kier alpha value is -2.82. The van der Waals surface area contributed by atoms with Gasteiger partial charge in [-0.1, -0.05) is 30.8 Å². The summed E-state index contributed by atoms with van der Waals surface area (Å²) in [4.78, 5) is 16.7. The van der Waals surface area contributed by atoms with E-state index in [9.17, 15) is 23.1 Å². The molecular formula is C25H20F3NO4S2. The molecule has 0 bridgehead atoms. The highest BCUT2D eigenvalue weighted by Crippen LogP contribution is 2.45. The van der Waals surface area contributed by atoms with Crippen LogP contribution in [0.4, 0.5) is 13.2 Å². The molecular weight excluding hydrogens is 499 g/mol.